The Morgan fingerprint density at radius 1 is 1.39 bits per heavy atom. The highest BCUT2D eigenvalue weighted by atomic mass is 35.5. The van der Waals surface area contributed by atoms with Crippen molar-refractivity contribution in [3.05, 3.63) is 29.8 Å². The van der Waals surface area contributed by atoms with Crippen LogP contribution < -0.4 is 10.1 Å². The maximum absolute atomic E-state index is 12.0. The first kappa shape index (κ1) is 18.4. The molecule has 6 heteroatoms. The number of rotatable bonds is 7. The van der Waals surface area contributed by atoms with E-state index in [-0.39, 0.29) is 11.9 Å². The number of alkyl halides is 2. The molecule has 0 aliphatic heterocycles. The fourth-order valence-electron chi connectivity index (χ4n) is 2.68. The van der Waals surface area contributed by atoms with Gasteiger partial charge in [0.15, 0.2) is 0 Å². The third kappa shape index (κ3) is 4.31. The number of hydrogen-bond acceptors (Lipinski definition) is 4. The number of carbonyl (C=O) groups excluding carboxylic acids is 1. The number of halogens is 2. The van der Waals surface area contributed by atoms with Crippen LogP contribution in [-0.4, -0.2) is 35.6 Å². The van der Waals surface area contributed by atoms with Crippen LogP contribution in [-0.2, 0) is 9.53 Å². The highest BCUT2D eigenvalue weighted by Crippen LogP contribution is 2.59. The smallest absolute Gasteiger partial charge is 0.327 e. The summed E-state index contributed by atoms with van der Waals surface area (Å²) in [5.41, 5.74) is 0.334. The number of carbonyl (C=O) groups is 1. The first-order valence-corrected chi connectivity index (χ1v) is 8.47. The van der Waals surface area contributed by atoms with E-state index in [0.717, 1.165) is 12.0 Å². The molecule has 4 nitrogen and oxygen atoms in total. The molecule has 0 bridgehead atoms. The van der Waals surface area contributed by atoms with E-state index in [2.05, 4.69) is 5.32 Å². The summed E-state index contributed by atoms with van der Waals surface area (Å²) in [6, 6.07) is 7.10. The summed E-state index contributed by atoms with van der Waals surface area (Å²) >= 11 is 12.2. The fraction of sp³-hybridized carbons (Fsp3) is 0.588. The van der Waals surface area contributed by atoms with Gasteiger partial charge >= 0.3 is 5.97 Å². The minimum atomic E-state index is -0.759. The van der Waals surface area contributed by atoms with E-state index in [0.29, 0.717) is 12.4 Å². The third-order valence-corrected chi connectivity index (χ3v) is 4.83. The van der Waals surface area contributed by atoms with Crippen molar-refractivity contribution in [1.82, 2.24) is 5.32 Å². The van der Waals surface area contributed by atoms with E-state index in [9.17, 15) is 4.79 Å². The van der Waals surface area contributed by atoms with Crippen molar-refractivity contribution < 1.29 is 14.3 Å². The van der Waals surface area contributed by atoms with Crippen LogP contribution in [0.3, 0.4) is 0 Å². The average Bonchev–Trinajstić information content (AvgIpc) is 3.08. The molecule has 0 saturated heterocycles. The molecule has 1 aliphatic carbocycles. The van der Waals surface area contributed by atoms with Crippen molar-refractivity contribution in [1.29, 1.82) is 0 Å². The Morgan fingerprint density at radius 3 is 2.39 bits per heavy atom. The molecule has 2 rings (SSSR count). The highest BCUT2D eigenvalue weighted by Gasteiger charge is 2.52. The third-order valence-electron chi connectivity index (χ3n) is 4.00. The first-order valence-electron chi connectivity index (χ1n) is 7.72. The molecule has 0 aromatic heterocycles. The second kappa shape index (κ2) is 6.88. The normalized spacial score (nSPS) is 20.7. The van der Waals surface area contributed by atoms with Crippen LogP contribution in [0.4, 0.5) is 0 Å². The summed E-state index contributed by atoms with van der Waals surface area (Å²) in [6.45, 7) is 5.81. The summed E-state index contributed by atoms with van der Waals surface area (Å²) < 4.78 is 10.5. The Labute approximate surface area is 147 Å². The standard InChI is InChI=1S/C17H23Cl2NO3/c1-5-22-15(21)14(20-4)16(2,3)23-12-8-6-11(7-9-12)13-10-17(13,18)19/h6-9,13-14,20H,5,10H2,1-4H3/t13?,14-/m0/s1. The minimum Gasteiger partial charge on any atom is -0.486 e. The zero-order chi connectivity index (χ0) is 17.3. The summed E-state index contributed by atoms with van der Waals surface area (Å²) in [7, 11) is 1.71. The second-order valence-electron chi connectivity index (χ2n) is 6.27. The Kier molecular flexibility index (Phi) is 5.49. The van der Waals surface area contributed by atoms with Crippen molar-refractivity contribution in [3.63, 3.8) is 0 Å². The van der Waals surface area contributed by atoms with Crippen molar-refractivity contribution in [2.45, 2.75) is 49.1 Å². The van der Waals surface area contributed by atoms with Gasteiger partial charge in [-0.15, -0.1) is 23.2 Å². The van der Waals surface area contributed by atoms with Gasteiger partial charge in [0.25, 0.3) is 0 Å². The lowest BCUT2D eigenvalue weighted by atomic mass is 9.98. The average molecular weight is 360 g/mol. The number of esters is 1. The molecule has 23 heavy (non-hydrogen) atoms. The van der Waals surface area contributed by atoms with Gasteiger partial charge in [0.2, 0.25) is 0 Å². The minimum absolute atomic E-state index is 0.178. The molecule has 1 aliphatic rings. The Bertz CT molecular complexity index is 557. The molecule has 1 N–H and O–H groups in total. The molecule has 128 valence electrons. The lowest BCUT2D eigenvalue weighted by Crippen LogP contribution is -2.54. The molecular formula is C17H23Cl2NO3. The molecule has 1 aromatic carbocycles. The van der Waals surface area contributed by atoms with Crippen LogP contribution in [0.15, 0.2) is 24.3 Å². The summed E-state index contributed by atoms with van der Waals surface area (Å²) in [4.78, 5) is 12.0. The van der Waals surface area contributed by atoms with E-state index in [1.165, 1.54) is 0 Å². The Morgan fingerprint density at radius 2 is 1.96 bits per heavy atom. The zero-order valence-corrected chi connectivity index (χ0v) is 15.4. The summed E-state index contributed by atoms with van der Waals surface area (Å²) in [5.74, 6) is 0.528. The lowest BCUT2D eigenvalue weighted by molar-refractivity contribution is -0.150. The van der Waals surface area contributed by atoms with Crippen molar-refractivity contribution in [2.24, 2.45) is 0 Å². The van der Waals surface area contributed by atoms with Crippen LogP contribution in [0.1, 0.15) is 38.7 Å². The van der Waals surface area contributed by atoms with Crippen LogP contribution in [0, 0.1) is 0 Å². The Balaban J connectivity index is 2.06. The number of likely N-dealkylation sites (N-methyl/N-ethyl adjacent to an activating group) is 1. The number of hydrogen-bond donors (Lipinski definition) is 1. The topological polar surface area (TPSA) is 47.6 Å². The molecule has 2 atom stereocenters. The van der Waals surface area contributed by atoms with Gasteiger partial charge in [0.05, 0.1) is 6.61 Å². The van der Waals surface area contributed by atoms with Crippen LogP contribution >= 0.6 is 23.2 Å². The first-order chi connectivity index (χ1) is 10.7. The highest BCUT2D eigenvalue weighted by molar-refractivity contribution is 6.51. The Hall–Kier alpha value is -0.970. The monoisotopic (exact) mass is 359 g/mol. The molecule has 0 radical (unpaired) electrons. The second-order valence-corrected chi connectivity index (χ2v) is 7.81. The zero-order valence-electron chi connectivity index (χ0n) is 13.9. The van der Waals surface area contributed by atoms with Crippen molar-refractivity contribution in [2.75, 3.05) is 13.7 Å². The van der Waals surface area contributed by atoms with Crippen molar-refractivity contribution >= 4 is 29.2 Å². The maximum Gasteiger partial charge on any atom is 0.327 e. The molecule has 1 unspecified atom stereocenters. The van der Waals surface area contributed by atoms with Gasteiger partial charge in [-0.3, -0.25) is 4.79 Å². The predicted molar refractivity (Wildman–Crippen MR) is 92.4 cm³/mol. The quantitative estimate of drug-likeness (QED) is 0.596. The number of nitrogens with one attached hydrogen (secondary N) is 1. The number of benzene rings is 1. The summed E-state index contributed by atoms with van der Waals surface area (Å²) in [6.07, 6.45) is 0.770. The predicted octanol–water partition coefficient (Wildman–Crippen LogP) is 3.66. The van der Waals surface area contributed by atoms with Crippen LogP contribution in [0.2, 0.25) is 0 Å². The van der Waals surface area contributed by atoms with Crippen LogP contribution in [0.25, 0.3) is 0 Å². The molecule has 0 amide bonds. The van der Waals surface area contributed by atoms with Gasteiger partial charge in [0, 0.05) is 5.92 Å². The molecular weight excluding hydrogens is 337 g/mol. The SMILES string of the molecule is CCOC(=O)[C@H](NC)C(C)(C)Oc1ccc(C2CC2(Cl)Cl)cc1. The summed E-state index contributed by atoms with van der Waals surface area (Å²) in [5, 5.41) is 2.96. The van der Waals surface area contributed by atoms with E-state index in [1.807, 2.05) is 38.1 Å². The van der Waals surface area contributed by atoms with E-state index in [1.54, 1.807) is 14.0 Å². The molecule has 1 fully saturated rings. The van der Waals surface area contributed by atoms with Gasteiger partial charge in [0.1, 0.15) is 21.7 Å². The largest absolute Gasteiger partial charge is 0.486 e. The lowest BCUT2D eigenvalue weighted by Gasteiger charge is -2.33. The molecule has 0 heterocycles. The van der Waals surface area contributed by atoms with E-state index >= 15 is 0 Å². The van der Waals surface area contributed by atoms with Gasteiger partial charge in [-0.25, -0.2) is 0 Å². The van der Waals surface area contributed by atoms with Crippen LogP contribution in [0.5, 0.6) is 5.75 Å². The van der Waals surface area contributed by atoms with Crippen molar-refractivity contribution in [3.8, 4) is 5.75 Å². The molecule has 0 spiro atoms. The molecule has 1 saturated carbocycles. The fourth-order valence-corrected chi connectivity index (χ4v) is 3.24. The van der Waals surface area contributed by atoms with E-state index in [4.69, 9.17) is 32.7 Å². The maximum atomic E-state index is 12.0. The molecule has 1 aromatic rings. The van der Waals surface area contributed by atoms with Gasteiger partial charge in [-0.1, -0.05) is 12.1 Å². The number of ether oxygens (including phenoxy) is 2. The van der Waals surface area contributed by atoms with Gasteiger partial charge in [-0.2, -0.15) is 0 Å². The van der Waals surface area contributed by atoms with Gasteiger partial charge < -0.3 is 14.8 Å². The van der Waals surface area contributed by atoms with E-state index < -0.39 is 16.0 Å². The van der Waals surface area contributed by atoms with Gasteiger partial charge in [-0.05, 0) is 51.9 Å².